The van der Waals surface area contributed by atoms with Crippen LogP contribution in [-0.2, 0) is 0 Å². The molecule has 0 radical (unpaired) electrons. The van der Waals surface area contributed by atoms with Gasteiger partial charge in [-0.25, -0.2) is 0 Å². The molecule has 0 aliphatic heterocycles. The Morgan fingerprint density at radius 3 is 1.04 bits per heavy atom. The second kappa shape index (κ2) is 11.8. The molecular weight excluding hydrogens is 357 g/mol. The highest BCUT2D eigenvalue weighted by atomic mass is 31.1. The van der Waals surface area contributed by atoms with Crippen LogP contribution in [0.1, 0.15) is 34.6 Å². The van der Waals surface area contributed by atoms with Crippen molar-refractivity contribution in [1.82, 2.24) is 4.90 Å². The third-order valence-electron chi connectivity index (χ3n) is 4.73. The van der Waals surface area contributed by atoms with Crippen molar-refractivity contribution >= 4 is 23.8 Å². The van der Waals surface area contributed by atoms with E-state index in [2.05, 4.69) is 131 Å². The van der Waals surface area contributed by atoms with E-state index < -0.39 is 7.92 Å². The van der Waals surface area contributed by atoms with Crippen molar-refractivity contribution in [2.75, 3.05) is 6.54 Å². The molecule has 0 N–H and O–H groups in total. The zero-order valence-electron chi connectivity index (χ0n) is 17.9. The number of hydrogen-bond acceptors (Lipinski definition) is 1. The van der Waals surface area contributed by atoms with Crippen LogP contribution in [0.3, 0.4) is 0 Å². The molecule has 0 aromatic heterocycles. The first-order chi connectivity index (χ1) is 13.5. The van der Waals surface area contributed by atoms with E-state index in [0.29, 0.717) is 12.1 Å². The molecule has 0 spiro atoms. The molecule has 0 aliphatic carbocycles. The molecule has 28 heavy (non-hydrogen) atoms. The average Bonchev–Trinajstić information content (AvgIpc) is 2.71. The standard InChI is InChI=1S/C18H15P.C8H19N/c1-4-10-16(11-5-1)19(17-12-6-2-7-13-17)18-14-8-3-9-15-18;1-6-9(7(2)3)8(4)5/h1-15H;7-8H,6H2,1-5H3. The lowest BCUT2D eigenvalue weighted by Gasteiger charge is -2.28. The van der Waals surface area contributed by atoms with Crippen molar-refractivity contribution < 1.29 is 0 Å². The van der Waals surface area contributed by atoms with Crippen molar-refractivity contribution in [3.8, 4) is 0 Å². The highest BCUT2D eigenvalue weighted by Crippen LogP contribution is 2.32. The summed E-state index contributed by atoms with van der Waals surface area (Å²) in [4.78, 5) is 2.46. The molecule has 3 rings (SSSR count). The summed E-state index contributed by atoms with van der Waals surface area (Å²) in [5.74, 6) is 0. The first-order valence-corrected chi connectivity index (χ1v) is 11.6. The van der Waals surface area contributed by atoms with Crippen LogP contribution in [-0.4, -0.2) is 23.5 Å². The van der Waals surface area contributed by atoms with Crippen molar-refractivity contribution in [2.24, 2.45) is 0 Å². The summed E-state index contributed by atoms with van der Waals surface area (Å²) < 4.78 is 0. The van der Waals surface area contributed by atoms with E-state index in [-0.39, 0.29) is 0 Å². The van der Waals surface area contributed by atoms with Gasteiger partial charge in [0.2, 0.25) is 0 Å². The van der Waals surface area contributed by atoms with Gasteiger partial charge in [-0.05, 0) is 58.1 Å². The Morgan fingerprint density at radius 1 is 0.571 bits per heavy atom. The summed E-state index contributed by atoms with van der Waals surface area (Å²) in [7, 11) is -0.446. The van der Waals surface area contributed by atoms with Gasteiger partial charge in [0.05, 0.1) is 0 Å². The Morgan fingerprint density at radius 2 is 0.857 bits per heavy atom. The number of nitrogens with zero attached hydrogens (tertiary/aromatic N) is 1. The fraction of sp³-hybridized carbons (Fsp3) is 0.308. The van der Waals surface area contributed by atoms with Gasteiger partial charge in [-0.3, -0.25) is 4.90 Å². The highest BCUT2D eigenvalue weighted by Gasteiger charge is 2.15. The van der Waals surface area contributed by atoms with Gasteiger partial charge in [0, 0.05) is 12.1 Å². The van der Waals surface area contributed by atoms with Crippen molar-refractivity contribution in [3.05, 3.63) is 91.0 Å². The van der Waals surface area contributed by atoms with Gasteiger partial charge in [0.1, 0.15) is 0 Å². The molecule has 0 saturated heterocycles. The Kier molecular flexibility index (Phi) is 9.41. The van der Waals surface area contributed by atoms with Crippen LogP contribution >= 0.6 is 7.92 Å². The summed E-state index contributed by atoms with van der Waals surface area (Å²) in [6.45, 7) is 12.3. The maximum Gasteiger partial charge on any atom is 0.00411 e. The molecule has 2 heteroatoms. The van der Waals surface area contributed by atoms with Gasteiger partial charge >= 0.3 is 0 Å². The van der Waals surface area contributed by atoms with Crippen molar-refractivity contribution in [2.45, 2.75) is 46.7 Å². The molecule has 3 aromatic rings. The van der Waals surface area contributed by atoms with Crippen LogP contribution in [0.4, 0.5) is 0 Å². The van der Waals surface area contributed by atoms with Gasteiger partial charge in [0.25, 0.3) is 0 Å². The second-order valence-electron chi connectivity index (χ2n) is 7.36. The lowest BCUT2D eigenvalue weighted by atomic mass is 10.2. The number of rotatable bonds is 6. The summed E-state index contributed by atoms with van der Waals surface area (Å²) >= 11 is 0. The van der Waals surface area contributed by atoms with Gasteiger partial charge in [-0.1, -0.05) is 97.9 Å². The summed E-state index contributed by atoms with van der Waals surface area (Å²) in [5, 5.41) is 4.19. The van der Waals surface area contributed by atoms with Gasteiger partial charge in [-0.15, -0.1) is 0 Å². The fourth-order valence-corrected chi connectivity index (χ4v) is 5.81. The van der Waals surface area contributed by atoms with Gasteiger partial charge < -0.3 is 0 Å². The van der Waals surface area contributed by atoms with Crippen molar-refractivity contribution in [3.63, 3.8) is 0 Å². The summed E-state index contributed by atoms with van der Waals surface area (Å²) in [6, 6.07) is 33.7. The average molecular weight is 392 g/mol. The largest absolute Gasteiger partial charge is 0.299 e. The molecule has 1 nitrogen and oxygen atoms in total. The van der Waals surface area contributed by atoms with Crippen LogP contribution in [0.5, 0.6) is 0 Å². The molecule has 0 unspecified atom stereocenters. The molecule has 0 fully saturated rings. The van der Waals surface area contributed by atoms with E-state index in [1.807, 2.05) is 0 Å². The normalized spacial score (nSPS) is 11.0. The van der Waals surface area contributed by atoms with E-state index in [0.717, 1.165) is 6.54 Å². The van der Waals surface area contributed by atoms with Crippen LogP contribution in [0.15, 0.2) is 91.0 Å². The minimum Gasteiger partial charge on any atom is -0.299 e. The molecule has 0 aliphatic rings. The molecular formula is C26H34NP. The van der Waals surface area contributed by atoms with Crippen LogP contribution < -0.4 is 15.9 Å². The maximum atomic E-state index is 2.46. The molecule has 0 amide bonds. The molecule has 0 bridgehead atoms. The summed E-state index contributed by atoms with van der Waals surface area (Å²) in [6.07, 6.45) is 0. The SMILES string of the molecule is CCN(C(C)C)C(C)C.c1ccc(P(c2ccccc2)c2ccccc2)cc1. The first kappa shape index (κ1) is 22.3. The Bertz CT molecular complexity index is 667. The molecule has 0 heterocycles. The number of hydrogen-bond donors (Lipinski definition) is 0. The highest BCUT2D eigenvalue weighted by molar-refractivity contribution is 7.79. The Balaban J connectivity index is 0.000000266. The van der Waals surface area contributed by atoms with E-state index in [1.165, 1.54) is 15.9 Å². The zero-order chi connectivity index (χ0) is 20.4. The Labute approximate surface area is 173 Å². The van der Waals surface area contributed by atoms with Crippen LogP contribution in [0, 0.1) is 0 Å². The monoisotopic (exact) mass is 391 g/mol. The quantitative estimate of drug-likeness (QED) is 0.497. The zero-order valence-corrected chi connectivity index (χ0v) is 18.8. The van der Waals surface area contributed by atoms with Crippen LogP contribution in [0.25, 0.3) is 0 Å². The maximum absolute atomic E-state index is 2.46. The molecule has 0 atom stereocenters. The number of benzene rings is 3. The van der Waals surface area contributed by atoms with E-state index >= 15 is 0 Å². The fourth-order valence-electron chi connectivity index (χ4n) is 3.50. The molecule has 0 saturated carbocycles. The van der Waals surface area contributed by atoms with E-state index in [9.17, 15) is 0 Å². The van der Waals surface area contributed by atoms with Gasteiger partial charge in [0.15, 0.2) is 0 Å². The first-order valence-electron chi connectivity index (χ1n) is 10.3. The lowest BCUT2D eigenvalue weighted by Crippen LogP contribution is -2.36. The van der Waals surface area contributed by atoms with E-state index in [4.69, 9.17) is 0 Å². The van der Waals surface area contributed by atoms with Crippen LogP contribution in [0.2, 0.25) is 0 Å². The van der Waals surface area contributed by atoms with Gasteiger partial charge in [-0.2, -0.15) is 0 Å². The molecule has 3 aromatic carbocycles. The smallest absolute Gasteiger partial charge is 0.00411 e. The van der Waals surface area contributed by atoms with Crippen molar-refractivity contribution in [1.29, 1.82) is 0 Å². The predicted molar refractivity (Wildman–Crippen MR) is 128 cm³/mol. The predicted octanol–water partition coefficient (Wildman–Crippen LogP) is 5.57. The minimum absolute atomic E-state index is 0.446. The minimum atomic E-state index is -0.446. The van der Waals surface area contributed by atoms with E-state index in [1.54, 1.807) is 0 Å². The summed E-state index contributed by atoms with van der Waals surface area (Å²) in [5.41, 5.74) is 0. The molecule has 148 valence electrons. The second-order valence-corrected chi connectivity index (χ2v) is 9.58. The third kappa shape index (κ3) is 6.59. The third-order valence-corrected chi connectivity index (χ3v) is 7.18. The topological polar surface area (TPSA) is 3.24 Å². The lowest BCUT2D eigenvalue weighted by molar-refractivity contribution is 0.185. The Hall–Kier alpha value is -1.95.